The van der Waals surface area contributed by atoms with Crippen molar-refractivity contribution in [1.29, 1.82) is 0 Å². The molecule has 0 amide bonds. The normalized spacial score (nSPS) is 10.9. The summed E-state index contributed by atoms with van der Waals surface area (Å²) in [4.78, 5) is 0.972. The first kappa shape index (κ1) is 18.6. The number of hydrazone groups is 1. The average Bonchev–Trinajstić information content (AvgIpc) is 2.98. The molecule has 0 saturated carbocycles. The molecule has 2 aromatic rings. The fourth-order valence-electron chi connectivity index (χ4n) is 1.25. The molecule has 5 N–H and O–H groups in total. The van der Waals surface area contributed by atoms with E-state index in [9.17, 15) is 13.6 Å². The molecule has 10 heteroatoms. The van der Waals surface area contributed by atoms with Gasteiger partial charge in [-0.25, -0.2) is 0 Å². The van der Waals surface area contributed by atoms with E-state index in [1.807, 2.05) is 24.4 Å². The lowest BCUT2D eigenvalue weighted by atomic mass is 10.2. The van der Waals surface area contributed by atoms with Crippen molar-refractivity contribution in [2.24, 2.45) is 16.6 Å². The molecule has 0 aliphatic rings. The predicted octanol–water partition coefficient (Wildman–Crippen LogP) is 1.11. The third kappa shape index (κ3) is 6.91. The summed E-state index contributed by atoms with van der Waals surface area (Å²) in [5.41, 5.74) is 10.9. The van der Waals surface area contributed by atoms with Gasteiger partial charge in [0.2, 0.25) is 0 Å². The lowest BCUT2D eigenvalue weighted by Crippen LogP contribution is -2.30. The fraction of sp³-hybridized carbons (Fsp3) is 0.0769. The largest absolute Gasteiger partial charge is 0.722 e. The highest BCUT2D eigenvalue weighted by Crippen LogP contribution is 2.08. The van der Waals surface area contributed by atoms with E-state index < -0.39 is 10.1 Å². The summed E-state index contributed by atoms with van der Waals surface area (Å²) in [5, 5.41) is 16.0. The SMILES string of the molecule is Cc1ccc(S(=O)(=O)O)cc1.NC(N)=[N+]([O-])/N=C/c1cccs1. The molecule has 0 unspecified atom stereocenters. The van der Waals surface area contributed by atoms with Gasteiger partial charge < -0.3 is 5.21 Å². The molecule has 23 heavy (non-hydrogen) atoms. The van der Waals surface area contributed by atoms with Crippen molar-refractivity contribution in [3.8, 4) is 0 Å². The maximum absolute atomic E-state index is 10.7. The zero-order valence-corrected chi connectivity index (χ0v) is 13.8. The number of guanidine groups is 1. The Hall–Kier alpha value is -2.43. The number of aryl methyl sites for hydroxylation is 1. The van der Waals surface area contributed by atoms with Crippen molar-refractivity contribution < 1.29 is 17.8 Å². The van der Waals surface area contributed by atoms with Crippen LogP contribution in [0.5, 0.6) is 0 Å². The van der Waals surface area contributed by atoms with Crippen molar-refractivity contribution in [2.75, 3.05) is 0 Å². The summed E-state index contributed by atoms with van der Waals surface area (Å²) in [5.74, 6) is -0.372. The topological polar surface area (TPSA) is 145 Å². The molecule has 0 fully saturated rings. The Morgan fingerprint density at radius 2 is 1.91 bits per heavy atom. The van der Waals surface area contributed by atoms with Crippen LogP contribution in [0, 0.1) is 12.1 Å². The molecule has 1 aromatic carbocycles. The van der Waals surface area contributed by atoms with Crippen molar-refractivity contribution in [2.45, 2.75) is 11.8 Å². The number of hydrogen-bond donors (Lipinski definition) is 3. The van der Waals surface area contributed by atoms with Gasteiger partial charge >= 0.3 is 5.96 Å². The van der Waals surface area contributed by atoms with Gasteiger partial charge in [0, 0.05) is 4.88 Å². The van der Waals surface area contributed by atoms with Gasteiger partial charge in [-0.15, -0.1) is 21.3 Å². The number of thiophene rings is 1. The molecule has 2 rings (SSSR count). The molecule has 1 aromatic heterocycles. The minimum absolute atomic E-state index is 0.0666. The van der Waals surface area contributed by atoms with Gasteiger partial charge in [-0.1, -0.05) is 23.8 Å². The summed E-state index contributed by atoms with van der Waals surface area (Å²) < 4.78 is 29.6. The van der Waals surface area contributed by atoms with Crippen LogP contribution < -0.4 is 11.5 Å². The molecule has 124 valence electrons. The highest BCUT2D eigenvalue weighted by molar-refractivity contribution is 7.85. The van der Waals surface area contributed by atoms with Crippen molar-refractivity contribution in [1.82, 2.24) is 0 Å². The van der Waals surface area contributed by atoms with E-state index >= 15 is 0 Å². The van der Waals surface area contributed by atoms with Gasteiger partial charge in [0.1, 0.15) is 0 Å². The third-order valence-corrected chi connectivity index (χ3v) is 4.05. The van der Waals surface area contributed by atoms with Crippen LogP contribution in [0.1, 0.15) is 10.4 Å². The van der Waals surface area contributed by atoms with E-state index in [1.54, 1.807) is 12.1 Å². The van der Waals surface area contributed by atoms with Crippen molar-refractivity contribution >= 4 is 33.6 Å². The van der Waals surface area contributed by atoms with Crippen LogP contribution in [0.25, 0.3) is 0 Å². The summed E-state index contributed by atoms with van der Waals surface area (Å²) in [7, 11) is -4.02. The lowest BCUT2D eigenvalue weighted by Gasteiger charge is -2.01. The second kappa shape index (κ2) is 8.27. The Balaban J connectivity index is 0.000000231. The van der Waals surface area contributed by atoms with E-state index in [2.05, 4.69) is 5.10 Å². The standard InChI is InChI=1S/C7H8O3S.C6H8N4OS/c1-6-2-4-7(5-3-6)11(8,9)10;7-6(8)10(11)9-4-5-2-1-3-12-5/h2-5H,1H3,(H,8,9,10);1-4H,7-8H2/b;9-4+. The van der Waals surface area contributed by atoms with Gasteiger partial charge in [-0.05, 0) is 30.5 Å². The van der Waals surface area contributed by atoms with Crippen LogP contribution in [0.4, 0.5) is 0 Å². The molecule has 0 spiro atoms. The third-order valence-electron chi connectivity index (χ3n) is 2.37. The Morgan fingerprint density at radius 1 is 1.30 bits per heavy atom. The van der Waals surface area contributed by atoms with Crippen LogP contribution in [0.15, 0.2) is 51.8 Å². The number of benzene rings is 1. The van der Waals surface area contributed by atoms with Crippen LogP contribution >= 0.6 is 11.3 Å². The Kier molecular flexibility index (Phi) is 6.69. The second-order valence-corrected chi connectivity index (χ2v) is 6.65. The first-order valence-electron chi connectivity index (χ1n) is 6.17. The molecular formula is C13H16N4O4S2. The second-order valence-electron chi connectivity index (χ2n) is 4.25. The zero-order valence-electron chi connectivity index (χ0n) is 12.2. The summed E-state index contributed by atoms with van der Waals surface area (Å²) in [6.45, 7) is 1.84. The minimum Gasteiger partial charge on any atom is -0.722 e. The highest BCUT2D eigenvalue weighted by Gasteiger charge is 2.06. The number of nitrogens with zero attached hydrogens (tertiary/aromatic N) is 2. The van der Waals surface area contributed by atoms with E-state index in [0.29, 0.717) is 0 Å². The first-order valence-corrected chi connectivity index (χ1v) is 8.49. The van der Waals surface area contributed by atoms with Gasteiger partial charge in [-0.2, -0.15) is 8.42 Å². The quantitative estimate of drug-likeness (QED) is 0.187. The van der Waals surface area contributed by atoms with E-state index in [1.165, 1.54) is 29.7 Å². The molecule has 0 aliphatic heterocycles. The maximum Gasteiger partial charge on any atom is 0.366 e. The molecule has 1 heterocycles. The van der Waals surface area contributed by atoms with E-state index in [4.69, 9.17) is 16.0 Å². The molecule has 0 bridgehead atoms. The Bertz CT molecular complexity index is 778. The Labute approximate surface area is 137 Å². The van der Waals surface area contributed by atoms with Crippen LogP contribution in [-0.2, 0) is 10.1 Å². The van der Waals surface area contributed by atoms with Crippen LogP contribution in [0.3, 0.4) is 0 Å². The molecular weight excluding hydrogens is 340 g/mol. The van der Waals surface area contributed by atoms with E-state index in [0.717, 1.165) is 10.4 Å². The zero-order chi connectivity index (χ0) is 17.5. The number of rotatable bonds is 3. The number of hydrogen-bond acceptors (Lipinski definition) is 5. The van der Waals surface area contributed by atoms with Crippen LogP contribution in [-0.4, -0.2) is 30.0 Å². The van der Waals surface area contributed by atoms with Gasteiger partial charge in [0.25, 0.3) is 10.1 Å². The minimum atomic E-state index is -4.02. The molecule has 8 nitrogen and oxygen atoms in total. The highest BCUT2D eigenvalue weighted by atomic mass is 32.2. The smallest absolute Gasteiger partial charge is 0.366 e. The monoisotopic (exact) mass is 356 g/mol. The van der Waals surface area contributed by atoms with Gasteiger partial charge in [-0.3, -0.25) is 16.0 Å². The molecule has 0 radical (unpaired) electrons. The summed E-state index contributed by atoms with van der Waals surface area (Å²) >= 11 is 1.47. The summed E-state index contributed by atoms with van der Waals surface area (Å²) in [6, 6.07) is 9.67. The molecule has 0 aliphatic carbocycles. The molecule has 0 saturated heterocycles. The number of nitrogens with two attached hydrogens (primary N) is 2. The maximum atomic E-state index is 10.7. The van der Waals surface area contributed by atoms with Gasteiger partial charge in [0.05, 0.1) is 11.1 Å². The van der Waals surface area contributed by atoms with Crippen LogP contribution in [0.2, 0.25) is 0 Å². The molecule has 0 atom stereocenters. The average molecular weight is 356 g/mol. The Morgan fingerprint density at radius 3 is 2.35 bits per heavy atom. The van der Waals surface area contributed by atoms with Gasteiger partial charge in [0.15, 0.2) is 0 Å². The summed E-state index contributed by atoms with van der Waals surface area (Å²) in [6.07, 6.45) is 1.40. The van der Waals surface area contributed by atoms with Crippen molar-refractivity contribution in [3.05, 3.63) is 57.4 Å². The van der Waals surface area contributed by atoms with Crippen molar-refractivity contribution in [3.63, 3.8) is 0 Å². The van der Waals surface area contributed by atoms with E-state index in [-0.39, 0.29) is 15.7 Å². The fourth-order valence-corrected chi connectivity index (χ4v) is 2.31. The lowest BCUT2D eigenvalue weighted by molar-refractivity contribution is -0.463. The first-order chi connectivity index (χ1) is 10.7. The predicted molar refractivity (Wildman–Crippen MR) is 89.9 cm³/mol.